The van der Waals surface area contributed by atoms with Gasteiger partial charge in [0.15, 0.2) is 5.16 Å². The monoisotopic (exact) mass is 228 g/mol. The summed E-state index contributed by atoms with van der Waals surface area (Å²) in [6.45, 7) is 0. The van der Waals surface area contributed by atoms with Crippen LogP contribution in [0.1, 0.15) is 18.2 Å². The highest BCUT2D eigenvalue weighted by atomic mass is 32.2. The van der Waals surface area contributed by atoms with Crippen molar-refractivity contribution in [2.45, 2.75) is 17.5 Å². The Morgan fingerprint density at radius 3 is 2.93 bits per heavy atom. The molecule has 1 atom stereocenters. The van der Waals surface area contributed by atoms with Gasteiger partial charge in [0, 0.05) is 11.7 Å². The molecule has 14 heavy (non-hydrogen) atoms. The van der Waals surface area contributed by atoms with E-state index in [0.29, 0.717) is 11.9 Å². The van der Waals surface area contributed by atoms with Gasteiger partial charge in [-0.1, -0.05) is 11.8 Å². The number of anilines is 1. The Balaban J connectivity index is 2.27. The number of hydrogen-bond donors (Lipinski definition) is 1. The quantitative estimate of drug-likeness (QED) is 0.772. The first kappa shape index (κ1) is 10.0. The molecule has 1 aliphatic rings. The highest BCUT2D eigenvalue weighted by Crippen LogP contribution is 2.30. The molecule has 1 aliphatic heterocycles. The number of aromatic nitrogens is 3. The van der Waals surface area contributed by atoms with E-state index in [1.54, 1.807) is 0 Å². The highest BCUT2D eigenvalue weighted by Gasteiger charge is 2.21. The minimum atomic E-state index is 0.344. The van der Waals surface area contributed by atoms with Crippen LogP contribution in [0.4, 0.5) is 5.95 Å². The number of nitrogens with zero attached hydrogens (tertiary/aromatic N) is 3. The van der Waals surface area contributed by atoms with Crippen molar-refractivity contribution in [3.8, 4) is 0 Å². The van der Waals surface area contributed by atoms with Gasteiger partial charge in [0.05, 0.1) is 0 Å². The van der Waals surface area contributed by atoms with Crippen LogP contribution in [0.15, 0.2) is 5.16 Å². The van der Waals surface area contributed by atoms with Crippen LogP contribution in [0.5, 0.6) is 0 Å². The van der Waals surface area contributed by atoms with Crippen molar-refractivity contribution in [1.29, 1.82) is 0 Å². The Hall–Kier alpha value is -0.490. The molecule has 6 heteroatoms. The summed E-state index contributed by atoms with van der Waals surface area (Å²) < 4.78 is 0. The van der Waals surface area contributed by atoms with Crippen LogP contribution in [0.3, 0.4) is 0 Å². The molecule has 1 saturated heterocycles. The molecule has 2 N–H and O–H groups in total. The first-order valence-electron chi connectivity index (χ1n) is 4.43. The van der Waals surface area contributed by atoms with Gasteiger partial charge in [0.25, 0.3) is 0 Å². The van der Waals surface area contributed by atoms with E-state index in [-0.39, 0.29) is 0 Å². The number of nitrogen functional groups attached to an aromatic ring is 1. The predicted octanol–water partition coefficient (Wildman–Crippen LogP) is 1.40. The summed E-state index contributed by atoms with van der Waals surface area (Å²) in [6, 6.07) is 0. The van der Waals surface area contributed by atoms with Gasteiger partial charge in [-0.25, -0.2) is 4.98 Å². The second-order valence-electron chi connectivity index (χ2n) is 3.10. The first-order valence-corrected chi connectivity index (χ1v) is 6.80. The number of rotatable bonds is 2. The molecule has 1 aromatic heterocycles. The number of hydrogen-bond acceptors (Lipinski definition) is 6. The zero-order chi connectivity index (χ0) is 9.97. The summed E-state index contributed by atoms with van der Waals surface area (Å²) in [5, 5.41) is 0.726. The second kappa shape index (κ2) is 4.35. The number of nitrogens with two attached hydrogens (primary N) is 1. The van der Waals surface area contributed by atoms with Crippen molar-refractivity contribution >= 4 is 29.5 Å². The number of thioether (sulfide) groups is 2. The van der Waals surface area contributed by atoms with Gasteiger partial charge in [-0.2, -0.15) is 21.7 Å². The van der Waals surface area contributed by atoms with E-state index in [0.717, 1.165) is 23.2 Å². The molecule has 0 aliphatic carbocycles. The molecule has 1 aromatic rings. The van der Waals surface area contributed by atoms with Crippen molar-refractivity contribution in [3.63, 3.8) is 0 Å². The van der Waals surface area contributed by atoms with Crippen LogP contribution in [-0.4, -0.2) is 32.7 Å². The van der Waals surface area contributed by atoms with Crippen molar-refractivity contribution < 1.29 is 0 Å². The van der Waals surface area contributed by atoms with Gasteiger partial charge < -0.3 is 5.73 Å². The summed E-state index contributed by atoms with van der Waals surface area (Å²) in [6.07, 6.45) is 3.10. The van der Waals surface area contributed by atoms with E-state index in [2.05, 4.69) is 15.0 Å². The Labute approximate surface area is 91.5 Å². The third-order valence-corrected chi connectivity index (χ3v) is 3.84. The molecule has 2 heterocycles. The maximum absolute atomic E-state index is 5.62. The molecule has 0 saturated carbocycles. The molecule has 0 spiro atoms. The lowest BCUT2D eigenvalue weighted by molar-refractivity contribution is 0.687. The van der Waals surface area contributed by atoms with Crippen LogP contribution in [0.2, 0.25) is 0 Å². The van der Waals surface area contributed by atoms with Crippen LogP contribution in [0, 0.1) is 0 Å². The molecule has 1 unspecified atom stereocenters. The van der Waals surface area contributed by atoms with Gasteiger partial charge in [-0.3, -0.25) is 0 Å². The third kappa shape index (κ3) is 2.12. The van der Waals surface area contributed by atoms with E-state index in [1.165, 1.54) is 17.5 Å². The molecule has 76 valence electrons. The summed E-state index contributed by atoms with van der Waals surface area (Å²) >= 11 is 3.46. The summed E-state index contributed by atoms with van der Waals surface area (Å²) in [4.78, 5) is 12.6. The summed E-state index contributed by atoms with van der Waals surface area (Å²) in [5.74, 6) is 3.99. The minimum Gasteiger partial charge on any atom is -0.368 e. The summed E-state index contributed by atoms with van der Waals surface area (Å²) in [7, 11) is 0. The van der Waals surface area contributed by atoms with Gasteiger partial charge >= 0.3 is 0 Å². The molecule has 0 radical (unpaired) electrons. The van der Waals surface area contributed by atoms with E-state index >= 15 is 0 Å². The van der Waals surface area contributed by atoms with Gasteiger partial charge in [-0.05, 0) is 18.4 Å². The van der Waals surface area contributed by atoms with Crippen LogP contribution in [0.25, 0.3) is 0 Å². The maximum atomic E-state index is 5.62. The Morgan fingerprint density at radius 1 is 1.43 bits per heavy atom. The largest absolute Gasteiger partial charge is 0.368 e. The molecular formula is C8H12N4S2. The zero-order valence-corrected chi connectivity index (χ0v) is 9.57. The molecule has 2 rings (SSSR count). The van der Waals surface area contributed by atoms with E-state index < -0.39 is 0 Å². The average Bonchev–Trinajstić information content (AvgIpc) is 2.69. The van der Waals surface area contributed by atoms with E-state index in [9.17, 15) is 0 Å². The van der Waals surface area contributed by atoms with Crippen molar-refractivity contribution in [2.24, 2.45) is 0 Å². The molecule has 0 aromatic carbocycles. The molecule has 1 fully saturated rings. The first-order chi connectivity index (χ1) is 6.79. The maximum Gasteiger partial charge on any atom is 0.224 e. The Morgan fingerprint density at radius 2 is 2.29 bits per heavy atom. The normalized spacial score (nSPS) is 21.4. The third-order valence-electron chi connectivity index (χ3n) is 2.13. The molecule has 0 amide bonds. The average molecular weight is 228 g/mol. The summed E-state index contributed by atoms with van der Waals surface area (Å²) in [5.41, 5.74) is 5.62. The fourth-order valence-electron chi connectivity index (χ4n) is 1.40. The van der Waals surface area contributed by atoms with E-state index in [4.69, 9.17) is 5.73 Å². The lowest BCUT2D eigenvalue weighted by Crippen LogP contribution is -2.08. The Kier molecular flexibility index (Phi) is 3.12. The highest BCUT2D eigenvalue weighted by molar-refractivity contribution is 7.99. The minimum absolute atomic E-state index is 0.344. The second-order valence-corrected chi connectivity index (χ2v) is 5.02. The lowest BCUT2D eigenvalue weighted by Gasteiger charge is -2.07. The fourth-order valence-corrected chi connectivity index (χ4v) is 2.99. The van der Waals surface area contributed by atoms with Gasteiger partial charge in [0.2, 0.25) is 5.95 Å². The van der Waals surface area contributed by atoms with Crippen molar-refractivity contribution in [1.82, 2.24) is 15.0 Å². The van der Waals surface area contributed by atoms with Crippen molar-refractivity contribution in [2.75, 3.05) is 23.5 Å². The smallest absolute Gasteiger partial charge is 0.224 e. The van der Waals surface area contributed by atoms with E-state index in [1.807, 2.05) is 18.0 Å². The molecular weight excluding hydrogens is 216 g/mol. The SMILES string of the molecule is CSc1nc(N)nc(C2CCSC2)n1. The standard InChI is InChI=1S/C8H12N4S2/c1-13-8-11-6(10-7(9)12-8)5-2-3-14-4-5/h5H,2-4H2,1H3,(H2,9,10,11,12). The topological polar surface area (TPSA) is 64.7 Å². The van der Waals surface area contributed by atoms with Gasteiger partial charge in [0.1, 0.15) is 5.82 Å². The molecule has 4 nitrogen and oxygen atoms in total. The van der Waals surface area contributed by atoms with Gasteiger partial charge in [-0.15, -0.1) is 0 Å². The van der Waals surface area contributed by atoms with Crippen LogP contribution in [-0.2, 0) is 0 Å². The van der Waals surface area contributed by atoms with Crippen molar-refractivity contribution in [3.05, 3.63) is 5.82 Å². The predicted molar refractivity (Wildman–Crippen MR) is 60.7 cm³/mol. The van der Waals surface area contributed by atoms with Crippen LogP contribution < -0.4 is 5.73 Å². The molecule has 0 bridgehead atoms. The Bertz CT molecular complexity index is 325. The lowest BCUT2D eigenvalue weighted by atomic mass is 10.1. The van der Waals surface area contributed by atoms with Crippen LogP contribution >= 0.6 is 23.5 Å². The fraction of sp³-hybridized carbons (Fsp3) is 0.625. The zero-order valence-electron chi connectivity index (χ0n) is 7.93.